The summed E-state index contributed by atoms with van der Waals surface area (Å²) in [5.74, 6) is 5.13. The van der Waals surface area contributed by atoms with Crippen LogP contribution in [-0.4, -0.2) is 23.4 Å². The Bertz CT molecular complexity index is 723. The summed E-state index contributed by atoms with van der Waals surface area (Å²) in [6, 6.07) is 0.344. The van der Waals surface area contributed by atoms with Gasteiger partial charge in [0.05, 0.1) is 5.54 Å². The SMILES string of the molecule is C#CC(C)(C)NC(=O)C1CC[C@H]2[C@@H]3CCC4NC(=O)CC[C@]4(C)[C@@H]3CC[C@]12C. The summed E-state index contributed by atoms with van der Waals surface area (Å²) in [4.78, 5) is 25.1. The molecule has 4 nitrogen and oxygen atoms in total. The molecule has 1 aliphatic heterocycles. The number of fused-ring (bicyclic) bond motifs is 5. The molecule has 0 radical (unpaired) electrons. The normalized spacial score (nSPS) is 45.1. The molecule has 4 fully saturated rings. The van der Waals surface area contributed by atoms with Gasteiger partial charge in [-0.05, 0) is 87.4 Å². The molecule has 0 aromatic carbocycles. The smallest absolute Gasteiger partial charge is 0.224 e. The number of hydrogen-bond acceptors (Lipinski definition) is 2. The first-order valence-electron chi connectivity index (χ1n) is 11.2. The van der Waals surface area contributed by atoms with Gasteiger partial charge in [-0.3, -0.25) is 9.59 Å². The molecule has 0 aromatic heterocycles. The number of hydrogen-bond donors (Lipinski definition) is 2. The summed E-state index contributed by atoms with van der Waals surface area (Å²) in [7, 11) is 0. The summed E-state index contributed by atoms with van der Waals surface area (Å²) in [5, 5.41) is 6.41. The molecular formula is C24H36N2O2. The van der Waals surface area contributed by atoms with Gasteiger partial charge in [-0.2, -0.15) is 0 Å². The number of carbonyl (C=O) groups is 2. The highest BCUT2D eigenvalue weighted by Crippen LogP contribution is 2.65. The lowest BCUT2D eigenvalue weighted by Gasteiger charge is -2.60. The maximum Gasteiger partial charge on any atom is 0.224 e. The van der Waals surface area contributed by atoms with Crippen molar-refractivity contribution in [2.45, 2.75) is 90.6 Å². The zero-order valence-electron chi connectivity index (χ0n) is 17.9. The molecule has 3 saturated carbocycles. The second kappa shape index (κ2) is 6.51. The van der Waals surface area contributed by atoms with E-state index in [1.165, 1.54) is 12.8 Å². The predicted molar refractivity (Wildman–Crippen MR) is 110 cm³/mol. The summed E-state index contributed by atoms with van der Waals surface area (Å²) >= 11 is 0. The fourth-order valence-electron chi connectivity index (χ4n) is 7.56. The lowest BCUT2D eigenvalue weighted by Crippen LogP contribution is -2.61. The number of carbonyl (C=O) groups excluding carboxylic acids is 2. The molecule has 28 heavy (non-hydrogen) atoms. The van der Waals surface area contributed by atoms with Gasteiger partial charge in [-0.1, -0.05) is 19.8 Å². The molecule has 2 amide bonds. The minimum Gasteiger partial charge on any atom is -0.353 e. The Morgan fingerprint density at radius 2 is 1.82 bits per heavy atom. The standard InChI is InChI=1S/C24H36N2O2/c1-6-22(2,3)26-21(28)18-9-8-16-15-7-10-19-24(5,14-12-20(27)25-19)17(15)11-13-23(16,18)4/h1,15-19H,7-14H2,2-5H3,(H,25,27)(H,26,28)/t15-,16-,17+,18?,19?,23-,24+/m0/s1. The van der Waals surface area contributed by atoms with Crippen LogP contribution >= 0.6 is 0 Å². The lowest BCUT2D eigenvalue weighted by atomic mass is 9.47. The van der Waals surface area contributed by atoms with Crippen molar-refractivity contribution in [3.63, 3.8) is 0 Å². The molecule has 2 unspecified atom stereocenters. The van der Waals surface area contributed by atoms with Gasteiger partial charge < -0.3 is 10.6 Å². The Kier molecular flexibility index (Phi) is 4.60. The average molecular weight is 385 g/mol. The van der Waals surface area contributed by atoms with E-state index >= 15 is 0 Å². The molecule has 1 saturated heterocycles. The van der Waals surface area contributed by atoms with E-state index in [2.05, 4.69) is 30.4 Å². The third kappa shape index (κ3) is 2.88. The maximum absolute atomic E-state index is 13.1. The van der Waals surface area contributed by atoms with Crippen molar-refractivity contribution in [3.8, 4) is 12.3 Å². The Balaban J connectivity index is 1.55. The Morgan fingerprint density at radius 3 is 2.54 bits per heavy atom. The van der Waals surface area contributed by atoms with Gasteiger partial charge in [0.1, 0.15) is 0 Å². The molecule has 4 rings (SSSR count). The van der Waals surface area contributed by atoms with Crippen LogP contribution in [0.15, 0.2) is 0 Å². The summed E-state index contributed by atoms with van der Waals surface area (Å²) < 4.78 is 0. The second-order valence-electron chi connectivity index (χ2n) is 11.0. The molecule has 3 aliphatic carbocycles. The van der Waals surface area contributed by atoms with E-state index in [1.54, 1.807) is 0 Å². The maximum atomic E-state index is 13.1. The fraction of sp³-hybridized carbons (Fsp3) is 0.833. The van der Waals surface area contributed by atoms with Crippen molar-refractivity contribution in [2.24, 2.45) is 34.5 Å². The van der Waals surface area contributed by atoms with Crippen molar-refractivity contribution >= 4 is 11.8 Å². The third-order valence-corrected chi connectivity index (χ3v) is 9.21. The van der Waals surface area contributed by atoms with Crippen LogP contribution in [0.3, 0.4) is 0 Å². The molecule has 2 N–H and O–H groups in total. The van der Waals surface area contributed by atoms with Gasteiger partial charge in [0.25, 0.3) is 0 Å². The van der Waals surface area contributed by atoms with Crippen molar-refractivity contribution in [3.05, 3.63) is 0 Å². The van der Waals surface area contributed by atoms with Gasteiger partial charge in [-0.15, -0.1) is 6.42 Å². The van der Waals surface area contributed by atoms with E-state index in [4.69, 9.17) is 6.42 Å². The molecule has 1 heterocycles. The lowest BCUT2D eigenvalue weighted by molar-refractivity contribution is -0.142. The topological polar surface area (TPSA) is 58.2 Å². The molecule has 4 aliphatic rings. The van der Waals surface area contributed by atoms with Gasteiger partial charge in [0, 0.05) is 18.4 Å². The first-order chi connectivity index (χ1) is 13.1. The first-order valence-corrected chi connectivity index (χ1v) is 11.2. The highest BCUT2D eigenvalue weighted by molar-refractivity contribution is 5.81. The van der Waals surface area contributed by atoms with E-state index < -0.39 is 5.54 Å². The monoisotopic (exact) mass is 384 g/mol. The minimum atomic E-state index is -0.589. The second-order valence-corrected chi connectivity index (χ2v) is 11.0. The summed E-state index contributed by atoms with van der Waals surface area (Å²) in [6.07, 6.45) is 14.0. The van der Waals surface area contributed by atoms with Crippen LogP contribution in [0.2, 0.25) is 0 Å². The van der Waals surface area contributed by atoms with Gasteiger partial charge in [0.15, 0.2) is 0 Å². The van der Waals surface area contributed by atoms with Crippen LogP contribution < -0.4 is 10.6 Å². The number of amides is 2. The molecule has 0 spiro atoms. The third-order valence-electron chi connectivity index (χ3n) is 9.21. The predicted octanol–water partition coefficient (Wildman–Crippen LogP) is 3.65. The van der Waals surface area contributed by atoms with Crippen LogP contribution in [-0.2, 0) is 9.59 Å². The summed E-state index contributed by atoms with van der Waals surface area (Å²) in [5.41, 5.74) is -0.282. The minimum absolute atomic E-state index is 0.0719. The summed E-state index contributed by atoms with van der Waals surface area (Å²) in [6.45, 7) is 8.59. The van der Waals surface area contributed by atoms with Gasteiger partial charge in [0.2, 0.25) is 11.8 Å². The molecule has 154 valence electrons. The molecular weight excluding hydrogens is 348 g/mol. The fourth-order valence-corrected chi connectivity index (χ4v) is 7.56. The highest BCUT2D eigenvalue weighted by atomic mass is 16.2. The number of rotatable bonds is 2. The zero-order chi connectivity index (χ0) is 20.3. The Morgan fingerprint density at radius 1 is 1.11 bits per heavy atom. The van der Waals surface area contributed by atoms with E-state index in [-0.39, 0.29) is 28.6 Å². The van der Waals surface area contributed by atoms with Crippen LogP contribution in [0, 0.1) is 46.8 Å². The van der Waals surface area contributed by atoms with Gasteiger partial charge >= 0.3 is 0 Å². The Labute approximate surface area is 170 Å². The van der Waals surface area contributed by atoms with E-state index in [0.717, 1.165) is 32.1 Å². The molecule has 0 aromatic rings. The van der Waals surface area contributed by atoms with Crippen molar-refractivity contribution in [1.82, 2.24) is 10.6 Å². The number of piperidine rings is 1. The van der Waals surface area contributed by atoms with Crippen molar-refractivity contribution in [2.75, 3.05) is 0 Å². The van der Waals surface area contributed by atoms with E-state index in [1.807, 2.05) is 13.8 Å². The van der Waals surface area contributed by atoms with Crippen LogP contribution in [0.1, 0.15) is 79.1 Å². The van der Waals surface area contributed by atoms with Crippen LogP contribution in [0.5, 0.6) is 0 Å². The Hall–Kier alpha value is -1.50. The highest BCUT2D eigenvalue weighted by Gasteiger charge is 2.61. The van der Waals surface area contributed by atoms with E-state index in [9.17, 15) is 9.59 Å². The zero-order valence-corrected chi connectivity index (χ0v) is 17.9. The first kappa shape index (κ1) is 19.8. The quantitative estimate of drug-likeness (QED) is 0.714. The molecule has 7 atom stereocenters. The molecule has 0 bridgehead atoms. The number of terminal acetylenes is 1. The largest absolute Gasteiger partial charge is 0.353 e. The van der Waals surface area contributed by atoms with Gasteiger partial charge in [-0.25, -0.2) is 0 Å². The van der Waals surface area contributed by atoms with Crippen LogP contribution in [0.4, 0.5) is 0 Å². The number of nitrogens with one attached hydrogen (secondary N) is 2. The van der Waals surface area contributed by atoms with E-state index in [0.29, 0.717) is 30.2 Å². The molecule has 4 heteroatoms. The average Bonchev–Trinajstić information content (AvgIpc) is 2.99. The van der Waals surface area contributed by atoms with Crippen molar-refractivity contribution < 1.29 is 9.59 Å². The van der Waals surface area contributed by atoms with Crippen molar-refractivity contribution in [1.29, 1.82) is 0 Å². The van der Waals surface area contributed by atoms with Crippen LogP contribution in [0.25, 0.3) is 0 Å².